The summed E-state index contributed by atoms with van der Waals surface area (Å²) >= 11 is 0. The van der Waals surface area contributed by atoms with Crippen LogP contribution in [-0.4, -0.2) is 53.6 Å². The van der Waals surface area contributed by atoms with Crippen LogP contribution in [0.2, 0.25) is 0 Å². The van der Waals surface area contributed by atoms with Crippen LogP contribution in [0.1, 0.15) is 27.5 Å². The van der Waals surface area contributed by atoms with Crippen molar-refractivity contribution in [2.24, 2.45) is 0 Å². The van der Waals surface area contributed by atoms with Gasteiger partial charge in [0.05, 0.1) is 6.04 Å². The maximum absolute atomic E-state index is 13.0. The Hall–Kier alpha value is -3.14. The van der Waals surface area contributed by atoms with Gasteiger partial charge in [-0.05, 0) is 17.2 Å². The molecule has 1 saturated heterocycles. The third-order valence-corrected chi connectivity index (χ3v) is 5.05. The van der Waals surface area contributed by atoms with Gasteiger partial charge in [-0.3, -0.25) is 9.59 Å². The second-order valence-electron chi connectivity index (χ2n) is 7.14. The van der Waals surface area contributed by atoms with Crippen molar-refractivity contribution in [1.82, 2.24) is 20.5 Å². The van der Waals surface area contributed by atoms with Crippen molar-refractivity contribution in [3.05, 3.63) is 59.3 Å². The fourth-order valence-electron chi connectivity index (χ4n) is 3.49. The molecule has 0 bridgehead atoms. The van der Waals surface area contributed by atoms with E-state index in [-0.39, 0.29) is 30.3 Å². The first-order chi connectivity index (χ1) is 14.3. The van der Waals surface area contributed by atoms with E-state index in [0.717, 1.165) is 0 Å². The molecular weight excluding hydrogens is 401 g/mol. The van der Waals surface area contributed by atoms with Crippen LogP contribution in [0.5, 0.6) is 5.88 Å². The van der Waals surface area contributed by atoms with Gasteiger partial charge in [0.25, 0.3) is 5.91 Å². The van der Waals surface area contributed by atoms with Gasteiger partial charge in [0.2, 0.25) is 11.8 Å². The molecule has 30 heavy (non-hydrogen) atoms. The number of ether oxygens (including phenoxy) is 1. The largest absolute Gasteiger partial charge is 0.468 e. The maximum Gasteiger partial charge on any atom is 0.422 e. The fourth-order valence-corrected chi connectivity index (χ4v) is 3.49. The van der Waals surface area contributed by atoms with Crippen LogP contribution in [0.4, 0.5) is 13.2 Å². The van der Waals surface area contributed by atoms with Crippen molar-refractivity contribution >= 4 is 11.8 Å². The number of carbonyl (C=O) groups is 2. The van der Waals surface area contributed by atoms with E-state index in [9.17, 15) is 22.8 Å². The summed E-state index contributed by atoms with van der Waals surface area (Å²) in [5, 5.41) is 5.91. The van der Waals surface area contributed by atoms with E-state index in [1.165, 1.54) is 18.3 Å². The number of halogens is 3. The Labute approximate surface area is 170 Å². The van der Waals surface area contributed by atoms with Crippen LogP contribution in [0.3, 0.4) is 0 Å². The third kappa shape index (κ3) is 4.09. The molecular formula is C20H19F3N4O3. The van der Waals surface area contributed by atoms with Crippen molar-refractivity contribution in [2.45, 2.75) is 24.8 Å². The number of fused-ring (bicyclic) bond motifs is 1. The minimum atomic E-state index is -4.44. The summed E-state index contributed by atoms with van der Waals surface area (Å²) < 4.78 is 41.2. The van der Waals surface area contributed by atoms with Crippen LogP contribution >= 0.6 is 0 Å². The number of amides is 2. The Bertz CT molecular complexity index is 945. The number of nitrogens with one attached hydrogen (secondary N) is 2. The number of pyridine rings is 1. The molecule has 2 aliphatic heterocycles. The van der Waals surface area contributed by atoms with Crippen LogP contribution < -0.4 is 15.4 Å². The monoisotopic (exact) mass is 420 g/mol. The van der Waals surface area contributed by atoms with Crippen LogP contribution in [0.15, 0.2) is 42.6 Å². The predicted molar refractivity (Wildman–Crippen MR) is 99.6 cm³/mol. The topological polar surface area (TPSA) is 83.6 Å². The minimum Gasteiger partial charge on any atom is -0.468 e. The number of carbonyl (C=O) groups excluding carboxylic acids is 2. The molecule has 0 saturated carbocycles. The molecule has 158 valence electrons. The van der Waals surface area contributed by atoms with Crippen molar-refractivity contribution < 1.29 is 27.5 Å². The average molecular weight is 420 g/mol. The van der Waals surface area contributed by atoms with E-state index < -0.39 is 18.8 Å². The van der Waals surface area contributed by atoms with Gasteiger partial charge in [-0.1, -0.05) is 24.3 Å². The number of hydrogen-bond donors (Lipinski definition) is 2. The van der Waals surface area contributed by atoms with E-state index in [1.807, 2.05) is 0 Å². The summed E-state index contributed by atoms with van der Waals surface area (Å²) in [5.74, 6) is -0.635. The lowest BCUT2D eigenvalue weighted by atomic mass is 10.0. The number of alkyl halides is 3. The molecule has 2 N–H and O–H groups in total. The highest BCUT2D eigenvalue weighted by Gasteiger charge is 2.45. The van der Waals surface area contributed by atoms with Gasteiger partial charge in [0, 0.05) is 37.5 Å². The maximum atomic E-state index is 13.0. The molecule has 0 aliphatic carbocycles. The molecule has 10 heteroatoms. The molecule has 4 rings (SSSR count). The Balaban J connectivity index is 1.42. The predicted octanol–water partition coefficient (Wildman–Crippen LogP) is 1.81. The Morgan fingerprint density at radius 3 is 2.63 bits per heavy atom. The normalized spacial score (nSPS) is 18.7. The lowest BCUT2D eigenvalue weighted by Crippen LogP contribution is -2.59. The van der Waals surface area contributed by atoms with Gasteiger partial charge < -0.3 is 20.3 Å². The lowest BCUT2D eigenvalue weighted by molar-refractivity contribution is -0.154. The van der Waals surface area contributed by atoms with Gasteiger partial charge in [0.1, 0.15) is 6.04 Å². The molecule has 2 aliphatic rings. The molecule has 1 unspecified atom stereocenters. The first-order valence-corrected chi connectivity index (χ1v) is 9.38. The van der Waals surface area contributed by atoms with Crippen molar-refractivity contribution in [3.8, 4) is 5.88 Å². The van der Waals surface area contributed by atoms with E-state index >= 15 is 0 Å². The van der Waals surface area contributed by atoms with Crippen molar-refractivity contribution in [2.75, 3.05) is 19.7 Å². The molecule has 1 aromatic carbocycles. The van der Waals surface area contributed by atoms with E-state index in [0.29, 0.717) is 29.8 Å². The molecule has 1 aromatic heterocycles. The molecule has 7 nitrogen and oxygen atoms in total. The Morgan fingerprint density at radius 2 is 2.00 bits per heavy atom. The van der Waals surface area contributed by atoms with Crippen LogP contribution in [-0.2, 0) is 11.3 Å². The molecule has 2 aromatic rings. The quantitative estimate of drug-likeness (QED) is 0.745. The number of hydrogen-bond acceptors (Lipinski definition) is 5. The third-order valence-electron chi connectivity index (χ3n) is 5.05. The Kier molecular flexibility index (Phi) is 5.33. The second-order valence-corrected chi connectivity index (χ2v) is 7.14. The van der Waals surface area contributed by atoms with Gasteiger partial charge in [-0.15, -0.1) is 0 Å². The SMILES string of the molecule is O=C(NCc1ccc(OCC(F)(F)F)nc1)C1c2ccccc2C(=O)N1C1CNC1. The molecule has 1 atom stereocenters. The highest BCUT2D eigenvalue weighted by atomic mass is 19.4. The summed E-state index contributed by atoms with van der Waals surface area (Å²) in [4.78, 5) is 31.2. The zero-order valence-corrected chi connectivity index (χ0v) is 15.8. The lowest BCUT2D eigenvalue weighted by Gasteiger charge is -2.38. The first kappa shape index (κ1) is 20.1. The summed E-state index contributed by atoms with van der Waals surface area (Å²) in [7, 11) is 0. The zero-order valence-electron chi connectivity index (χ0n) is 15.8. The van der Waals surface area contributed by atoms with Gasteiger partial charge in [-0.2, -0.15) is 13.2 Å². The zero-order chi connectivity index (χ0) is 21.3. The highest BCUT2D eigenvalue weighted by Crippen LogP contribution is 2.36. The van der Waals surface area contributed by atoms with Crippen molar-refractivity contribution in [1.29, 1.82) is 0 Å². The van der Waals surface area contributed by atoms with E-state index in [1.54, 1.807) is 29.2 Å². The minimum absolute atomic E-state index is 0.0487. The second kappa shape index (κ2) is 7.94. The molecule has 1 fully saturated rings. The smallest absolute Gasteiger partial charge is 0.422 e. The van der Waals surface area contributed by atoms with Crippen LogP contribution in [0.25, 0.3) is 0 Å². The fraction of sp³-hybridized carbons (Fsp3) is 0.350. The first-order valence-electron chi connectivity index (χ1n) is 9.38. The van der Waals surface area contributed by atoms with E-state index in [2.05, 4.69) is 20.4 Å². The number of aromatic nitrogens is 1. The molecule has 0 radical (unpaired) electrons. The van der Waals surface area contributed by atoms with Gasteiger partial charge in [0.15, 0.2) is 6.61 Å². The molecule has 2 amide bonds. The average Bonchev–Trinajstić information content (AvgIpc) is 2.96. The molecule has 3 heterocycles. The van der Waals surface area contributed by atoms with Gasteiger partial charge >= 0.3 is 6.18 Å². The Morgan fingerprint density at radius 1 is 1.23 bits per heavy atom. The van der Waals surface area contributed by atoms with Crippen LogP contribution in [0, 0.1) is 0 Å². The van der Waals surface area contributed by atoms with Crippen molar-refractivity contribution in [3.63, 3.8) is 0 Å². The van der Waals surface area contributed by atoms with Gasteiger partial charge in [-0.25, -0.2) is 4.98 Å². The highest BCUT2D eigenvalue weighted by molar-refractivity contribution is 6.05. The summed E-state index contributed by atoms with van der Waals surface area (Å²) in [6.45, 7) is -0.0360. The molecule has 0 spiro atoms. The number of rotatable bonds is 6. The number of benzene rings is 1. The summed E-state index contributed by atoms with van der Waals surface area (Å²) in [6, 6.07) is 9.12. The summed E-state index contributed by atoms with van der Waals surface area (Å²) in [6.07, 6.45) is -3.10. The standard InChI is InChI=1S/C20H19F3N4O3/c21-20(22,23)11-30-16-6-5-12(7-25-16)8-26-18(28)17-14-3-1-2-4-15(14)19(29)27(17)13-9-24-10-13/h1-7,13,17,24H,8-11H2,(H,26,28). The number of nitrogens with zero attached hydrogens (tertiary/aromatic N) is 2. The van der Waals surface area contributed by atoms with E-state index in [4.69, 9.17) is 0 Å². The summed E-state index contributed by atoms with van der Waals surface area (Å²) in [5.41, 5.74) is 1.79.